The van der Waals surface area contributed by atoms with Gasteiger partial charge in [-0.2, -0.15) is 0 Å². The maximum Gasteiger partial charge on any atom is 0.416 e. The van der Waals surface area contributed by atoms with Gasteiger partial charge < -0.3 is 4.74 Å². The van der Waals surface area contributed by atoms with Crippen molar-refractivity contribution in [1.29, 1.82) is 0 Å². The molecule has 3 aromatic rings. The number of halogens is 1. The van der Waals surface area contributed by atoms with Crippen molar-refractivity contribution < 1.29 is 18.7 Å². The number of rotatable bonds is 6. The number of imide groups is 1. The van der Waals surface area contributed by atoms with E-state index in [1.165, 1.54) is 17.0 Å². The van der Waals surface area contributed by atoms with Gasteiger partial charge in [-0.3, -0.25) is 9.69 Å². The molecule has 2 aliphatic rings. The van der Waals surface area contributed by atoms with E-state index < -0.39 is 12.0 Å². The van der Waals surface area contributed by atoms with E-state index in [1.54, 1.807) is 12.1 Å². The largest absolute Gasteiger partial charge is 0.447 e. The molecule has 0 spiro atoms. The molecule has 2 saturated heterocycles. The predicted octanol–water partition coefficient (Wildman–Crippen LogP) is 4.63. The van der Waals surface area contributed by atoms with E-state index in [2.05, 4.69) is 17.0 Å². The molecule has 174 valence electrons. The van der Waals surface area contributed by atoms with Crippen LogP contribution in [-0.4, -0.2) is 47.5 Å². The van der Waals surface area contributed by atoms with Gasteiger partial charge in [-0.1, -0.05) is 72.8 Å². The Kier molecular flexibility index (Phi) is 6.41. The van der Waals surface area contributed by atoms with Crippen molar-refractivity contribution in [2.45, 2.75) is 24.9 Å². The van der Waals surface area contributed by atoms with Gasteiger partial charge >= 0.3 is 6.09 Å². The van der Waals surface area contributed by atoms with Crippen molar-refractivity contribution >= 4 is 12.0 Å². The Labute approximate surface area is 198 Å². The van der Waals surface area contributed by atoms with Crippen LogP contribution in [0.25, 0.3) is 0 Å². The third-order valence-electron chi connectivity index (χ3n) is 6.77. The Hall–Kier alpha value is -3.51. The number of amides is 2. The van der Waals surface area contributed by atoms with Crippen LogP contribution in [0.4, 0.5) is 9.18 Å². The Morgan fingerprint density at radius 2 is 1.53 bits per heavy atom. The van der Waals surface area contributed by atoms with Crippen LogP contribution in [0.3, 0.4) is 0 Å². The highest BCUT2D eigenvalue weighted by Crippen LogP contribution is 2.36. The second-order valence-corrected chi connectivity index (χ2v) is 9.07. The zero-order valence-corrected chi connectivity index (χ0v) is 18.8. The summed E-state index contributed by atoms with van der Waals surface area (Å²) in [5, 5.41) is 0. The summed E-state index contributed by atoms with van der Waals surface area (Å²) in [6.45, 7) is 2.09. The van der Waals surface area contributed by atoms with E-state index in [-0.39, 0.29) is 30.3 Å². The van der Waals surface area contributed by atoms with Gasteiger partial charge in [0.1, 0.15) is 12.4 Å². The van der Waals surface area contributed by atoms with E-state index in [0.29, 0.717) is 26.1 Å². The van der Waals surface area contributed by atoms with Crippen LogP contribution >= 0.6 is 0 Å². The molecule has 2 amide bonds. The van der Waals surface area contributed by atoms with Crippen molar-refractivity contribution in [2.75, 3.05) is 19.7 Å². The molecule has 34 heavy (non-hydrogen) atoms. The average Bonchev–Trinajstić information content (AvgIpc) is 3.44. The first-order chi connectivity index (χ1) is 16.6. The Balaban J connectivity index is 1.40. The topological polar surface area (TPSA) is 49.9 Å². The van der Waals surface area contributed by atoms with Gasteiger partial charge in [-0.15, -0.1) is 0 Å². The summed E-state index contributed by atoms with van der Waals surface area (Å²) < 4.78 is 18.9. The van der Waals surface area contributed by atoms with Crippen molar-refractivity contribution in [1.82, 2.24) is 9.80 Å². The normalized spacial score (nSPS) is 22.7. The number of ether oxygens (including phenoxy) is 1. The fourth-order valence-corrected chi connectivity index (χ4v) is 5.10. The van der Waals surface area contributed by atoms with Crippen LogP contribution < -0.4 is 0 Å². The molecule has 0 radical (unpaired) electrons. The second-order valence-electron chi connectivity index (χ2n) is 9.07. The van der Waals surface area contributed by atoms with E-state index in [4.69, 9.17) is 4.74 Å². The fourth-order valence-electron chi connectivity index (χ4n) is 5.10. The molecule has 0 saturated carbocycles. The fraction of sp³-hybridized carbons (Fsp3) is 0.286. The number of likely N-dealkylation sites (tertiary alicyclic amines) is 1. The van der Waals surface area contributed by atoms with Crippen LogP contribution in [0.1, 0.15) is 22.6 Å². The maximum absolute atomic E-state index is 13.8. The van der Waals surface area contributed by atoms with E-state index in [1.807, 2.05) is 48.5 Å². The highest BCUT2D eigenvalue weighted by Gasteiger charge is 2.46. The molecule has 2 fully saturated rings. The number of hydrogen-bond acceptors (Lipinski definition) is 4. The number of carbonyl (C=O) groups is 2. The van der Waals surface area contributed by atoms with Crippen LogP contribution in [-0.2, 0) is 22.5 Å². The first kappa shape index (κ1) is 22.3. The predicted molar refractivity (Wildman–Crippen MR) is 126 cm³/mol. The third-order valence-corrected chi connectivity index (χ3v) is 6.77. The highest BCUT2D eigenvalue weighted by molar-refractivity contribution is 5.95. The minimum absolute atomic E-state index is 0.136. The summed E-state index contributed by atoms with van der Waals surface area (Å²) >= 11 is 0. The van der Waals surface area contributed by atoms with Crippen molar-refractivity contribution in [2.24, 2.45) is 5.92 Å². The van der Waals surface area contributed by atoms with Gasteiger partial charge in [-0.05, 0) is 35.2 Å². The van der Waals surface area contributed by atoms with Gasteiger partial charge in [0.05, 0.1) is 12.0 Å². The van der Waals surface area contributed by atoms with Crippen LogP contribution in [0.5, 0.6) is 0 Å². The lowest BCUT2D eigenvalue weighted by Gasteiger charge is -2.26. The number of nitrogens with zero attached hydrogens (tertiary/aromatic N) is 2. The molecule has 5 rings (SSSR count). The minimum Gasteiger partial charge on any atom is -0.447 e. The molecule has 5 nitrogen and oxygen atoms in total. The zero-order valence-electron chi connectivity index (χ0n) is 18.8. The van der Waals surface area contributed by atoms with Gasteiger partial charge in [0.15, 0.2) is 0 Å². The first-order valence-electron chi connectivity index (χ1n) is 11.6. The van der Waals surface area contributed by atoms with Gasteiger partial charge in [-0.25, -0.2) is 14.1 Å². The lowest BCUT2D eigenvalue weighted by Crippen LogP contribution is -2.45. The minimum atomic E-state index is -0.578. The molecular weight excluding hydrogens is 431 g/mol. The molecule has 0 aromatic heterocycles. The average molecular weight is 459 g/mol. The molecule has 2 aliphatic heterocycles. The lowest BCUT2D eigenvalue weighted by atomic mass is 9.87. The van der Waals surface area contributed by atoms with Gasteiger partial charge in [0.25, 0.3) is 0 Å². The smallest absolute Gasteiger partial charge is 0.416 e. The maximum atomic E-state index is 13.8. The number of cyclic esters (lactones) is 1. The summed E-state index contributed by atoms with van der Waals surface area (Å²) in [6, 6.07) is 25.9. The molecule has 0 bridgehead atoms. The Morgan fingerprint density at radius 1 is 0.882 bits per heavy atom. The van der Waals surface area contributed by atoms with Crippen molar-refractivity contribution in [3.63, 3.8) is 0 Å². The number of benzene rings is 3. The summed E-state index contributed by atoms with van der Waals surface area (Å²) in [7, 11) is 0. The molecule has 3 atom stereocenters. The summed E-state index contributed by atoms with van der Waals surface area (Å²) in [6.07, 6.45) is -0.0229. The highest BCUT2D eigenvalue weighted by atomic mass is 19.1. The Morgan fingerprint density at radius 3 is 2.21 bits per heavy atom. The van der Waals surface area contributed by atoms with E-state index in [9.17, 15) is 14.0 Å². The molecule has 2 heterocycles. The second kappa shape index (κ2) is 9.77. The van der Waals surface area contributed by atoms with Crippen molar-refractivity contribution in [3.05, 3.63) is 107 Å². The van der Waals surface area contributed by atoms with E-state index in [0.717, 1.165) is 16.7 Å². The van der Waals surface area contributed by atoms with Crippen LogP contribution in [0, 0.1) is 11.7 Å². The zero-order chi connectivity index (χ0) is 23.5. The Bertz CT molecular complexity index is 1140. The third kappa shape index (κ3) is 4.73. The monoisotopic (exact) mass is 458 g/mol. The molecule has 0 aliphatic carbocycles. The summed E-state index contributed by atoms with van der Waals surface area (Å²) in [5.41, 5.74) is 3.12. The quantitative estimate of drug-likeness (QED) is 0.540. The molecule has 6 heteroatoms. The van der Waals surface area contributed by atoms with E-state index >= 15 is 0 Å². The number of carbonyl (C=O) groups excluding carboxylic acids is 2. The van der Waals surface area contributed by atoms with Crippen LogP contribution in [0.2, 0.25) is 0 Å². The first-order valence-corrected chi connectivity index (χ1v) is 11.6. The molecule has 0 N–H and O–H groups in total. The SMILES string of the molecule is O=C1OC[C@H](Cc2ccccc2)N1C(=O)[C@H]1CN(Cc2ccccc2)C[C@H]1c1ccc(F)cc1. The molecular formula is C28H27FN2O3. The van der Waals surface area contributed by atoms with Crippen LogP contribution in [0.15, 0.2) is 84.9 Å². The summed E-state index contributed by atoms with van der Waals surface area (Å²) in [5.74, 6) is -1.08. The number of hydrogen-bond donors (Lipinski definition) is 0. The molecule has 0 unspecified atom stereocenters. The molecule has 3 aromatic carbocycles. The van der Waals surface area contributed by atoms with Crippen molar-refractivity contribution in [3.8, 4) is 0 Å². The lowest BCUT2D eigenvalue weighted by molar-refractivity contribution is -0.133. The standard InChI is InChI=1S/C28H27FN2O3/c29-23-13-11-22(12-14-23)25-17-30(16-21-9-5-2-6-10-21)18-26(25)27(32)31-24(19-34-28(31)33)15-20-7-3-1-4-8-20/h1-14,24-26H,15-19H2/t24-,25-,26-/m0/s1. The van der Waals surface area contributed by atoms with Gasteiger partial charge in [0.2, 0.25) is 5.91 Å². The summed E-state index contributed by atoms with van der Waals surface area (Å²) in [4.78, 5) is 30.0. The van der Waals surface area contributed by atoms with Gasteiger partial charge in [0, 0.05) is 25.6 Å².